The van der Waals surface area contributed by atoms with Gasteiger partial charge in [-0.2, -0.15) is 0 Å². The number of benzene rings is 1. The lowest BCUT2D eigenvalue weighted by atomic mass is 10.1. The van der Waals surface area contributed by atoms with Crippen LogP contribution in [0.5, 0.6) is 0 Å². The molecule has 1 rings (SSSR count). The van der Waals surface area contributed by atoms with Crippen LogP contribution in [0.3, 0.4) is 0 Å². The Balaban J connectivity index is 2.35. The Kier molecular flexibility index (Phi) is 6.86. The lowest BCUT2D eigenvalue weighted by Crippen LogP contribution is -2.29. The van der Waals surface area contributed by atoms with Gasteiger partial charge in [0, 0.05) is 26.7 Å². The minimum absolute atomic E-state index is 0.687. The van der Waals surface area contributed by atoms with E-state index in [-0.39, 0.29) is 0 Å². The highest BCUT2D eigenvalue weighted by molar-refractivity contribution is 5.26. The van der Waals surface area contributed by atoms with Crippen molar-refractivity contribution in [3.8, 4) is 0 Å². The Morgan fingerprint density at radius 1 is 1.24 bits per heavy atom. The van der Waals surface area contributed by atoms with Gasteiger partial charge in [-0.05, 0) is 24.7 Å². The van der Waals surface area contributed by atoms with Gasteiger partial charge >= 0.3 is 0 Å². The summed E-state index contributed by atoms with van der Waals surface area (Å²) < 4.78 is 5.19. The number of nitrogens with zero attached hydrogens (tertiary/aromatic N) is 1. The summed E-state index contributed by atoms with van der Waals surface area (Å²) >= 11 is 0. The number of likely N-dealkylation sites (N-methyl/N-ethyl adjacent to an activating group) is 1. The molecule has 3 nitrogen and oxygen atoms in total. The second-order valence-electron chi connectivity index (χ2n) is 4.27. The van der Waals surface area contributed by atoms with Gasteiger partial charge in [-0.15, -0.1) is 0 Å². The summed E-state index contributed by atoms with van der Waals surface area (Å²) in [6, 6.07) is 8.42. The van der Waals surface area contributed by atoms with Crippen LogP contribution in [0.4, 0.5) is 0 Å². The number of hydrogen-bond donors (Lipinski definition) is 1. The van der Waals surface area contributed by atoms with E-state index in [1.807, 2.05) is 0 Å². The Bertz CT molecular complexity index is 315. The standard InChI is InChI=1S/C14H24N2O/c1-4-16(2)10-9-15-11-13-7-5-6-8-14(13)12-17-3/h5-8,15H,4,9-12H2,1-3H3. The fourth-order valence-corrected chi connectivity index (χ4v) is 1.68. The fourth-order valence-electron chi connectivity index (χ4n) is 1.68. The van der Waals surface area contributed by atoms with Crippen LogP contribution in [0.1, 0.15) is 18.1 Å². The zero-order valence-corrected chi connectivity index (χ0v) is 11.2. The molecule has 0 atom stereocenters. The molecular weight excluding hydrogens is 212 g/mol. The average Bonchev–Trinajstić information content (AvgIpc) is 2.36. The molecule has 3 heteroatoms. The molecule has 96 valence electrons. The predicted octanol–water partition coefficient (Wildman–Crippen LogP) is 1.87. The van der Waals surface area contributed by atoms with Crippen molar-refractivity contribution >= 4 is 0 Å². The maximum atomic E-state index is 5.19. The van der Waals surface area contributed by atoms with Crippen molar-refractivity contribution in [1.29, 1.82) is 0 Å². The predicted molar refractivity (Wildman–Crippen MR) is 72.0 cm³/mol. The number of ether oxygens (including phenoxy) is 1. The molecule has 0 bridgehead atoms. The average molecular weight is 236 g/mol. The smallest absolute Gasteiger partial charge is 0.0716 e. The Labute approximate surface area is 105 Å². The maximum absolute atomic E-state index is 5.19. The van der Waals surface area contributed by atoms with Crippen LogP contribution < -0.4 is 5.32 Å². The van der Waals surface area contributed by atoms with Crippen molar-refractivity contribution in [3.63, 3.8) is 0 Å². The molecule has 0 radical (unpaired) electrons. The first-order chi connectivity index (χ1) is 8.27. The molecule has 0 aliphatic carbocycles. The first-order valence-electron chi connectivity index (χ1n) is 6.23. The van der Waals surface area contributed by atoms with Gasteiger partial charge in [-0.1, -0.05) is 31.2 Å². The Morgan fingerprint density at radius 3 is 2.59 bits per heavy atom. The van der Waals surface area contributed by atoms with Crippen LogP contribution in [-0.4, -0.2) is 38.7 Å². The van der Waals surface area contributed by atoms with Gasteiger partial charge in [0.05, 0.1) is 6.61 Å². The molecule has 0 amide bonds. The van der Waals surface area contributed by atoms with Crippen molar-refractivity contribution < 1.29 is 4.74 Å². The van der Waals surface area contributed by atoms with E-state index in [1.165, 1.54) is 11.1 Å². The summed E-state index contributed by atoms with van der Waals surface area (Å²) in [5, 5.41) is 3.47. The summed E-state index contributed by atoms with van der Waals surface area (Å²) in [6.45, 7) is 6.98. The molecule has 0 aliphatic rings. The van der Waals surface area contributed by atoms with E-state index in [1.54, 1.807) is 7.11 Å². The zero-order valence-electron chi connectivity index (χ0n) is 11.2. The lowest BCUT2D eigenvalue weighted by Gasteiger charge is -2.15. The normalized spacial score (nSPS) is 11.1. The molecule has 1 N–H and O–H groups in total. The highest BCUT2D eigenvalue weighted by Crippen LogP contribution is 2.09. The largest absolute Gasteiger partial charge is 0.380 e. The lowest BCUT2D eigenvalue weighted by molar-refractivity contribution is 0.184. The summed E-state index contributed by atoms with van der Waals surface area (Å²) in [6.07, 6.45) is 0. The van der Waals surface area contributed by atoms with E-state index >= 15 is 0 Å². The summed E-state index contributed by atoms with van der Waals surface area (Å²) in [5.41, 5.74) is 2.60. The van der Waals surface area contributed by atoms with E-state index in [0.29, 0.717) is 6.61 Å². The number of methoxy groups -OCH3 is 1. The highest BCUT2D eigenvalue weighted by Gasteiger charge is 2.01. The highest BCUT2D eigenvalue weighted by atomic mass is 16.5. The first kappa shape index (κ1) is 14.2. The molecule has 0 heterocycles. The SMILES string of the molecule is CCN(C)CCNCc1ccccc1COC. The minimum atomic E-state index is 0.687. The summed E-state index contributed by atoms with van der Waals surface area (Å²) in [5.74, 6) is 0. The molecule has 0 spiro atoms. The molecule has 0 saturated carbocycles. The van der Waals surface area contributed by atoms with Crippen molar-refractivity contribution in [2.75, 3.05) is 33.8 Å². The third-order valence-electron chi connectivity index (χ3n) is 2.94. The van der Waals surface area contributed by atoms with Crippen LogP contribution in [0.2, 0.25) is 0 Å². The quantitative estimate of drug-likeness (QED) is 0.697. The minimum Gasteiger partial charge on any atom is -0.380 e. The molecule has 1 aromatic rings. The van der Waals surface area contributed by atoms with E-state index in [9.17, 15) is 0 Å². The second-order valence-corrected chi connectivity index (χ2v) is 4.27. The van der Waals surface area contributed by atoms with Crippen molar-refractivity contribution in [1.82, 2.24) is 10.2 Å². The van der Waals surface area contributed by atoms with E-state index < -0.39 is 0 Å². The molecule has 0 aliphatic heterocycles. The van der Waals surface area contributed by atoms with Crippen molar-refractivity contribution in [3.05, 3.63) is 35.4 Å². The van der Waals surface area contributed by atoms with Gasteiger partial charge in [-0.25, -0.2) is 0 Å². The molecule has 1 aromatic carbocycles. The number of hydrogen-bond acceptors (Lipinski definition) is 3. The molecule has 17 heavy (non-hydrogen) atoms. The monoisotopic (exact) mass is 236 g/mol. The molecule has 0 aromatic heterocycles. The second kappa shape index (κ2) is 8.23. The number of nitrogens with one attached hydrogen (secondary N) is 1. The Morgan fingerprint density at radius 2 is 1.94 bits per heavy atom. The van der Waals surface area contributed by atoms with Gasteiger partial charge < -0.3 is 15.0 Å². The fraction of sp³-hybridized carbons (Fsp3) is 0.571. The molecule has 0 fully saturated rings. The zero-order chi connectivity index (χ0) is 12.5. The molecular formula is C14H24N2O. The van der Waals surface area contributed by atoms with Crippen LogP contribution in [0.15, 0.2) is 24.3 Å². The third-order valence-corrected chi connectivity index (χ3v) is 2.94. The summed E-state index contributed by atoms with van der Waals surface area (Å²) in [7, 11) is 3.88. The van der Waals surface area contributed by atoms with Crippen molar-refractivity contribution in [2.24, 2.45) is 0 Å². The van der Waals surface area contributed by atoms with E-state index in [2.05, 4.69) is 48.5 Å². The number of rotatable bonds is 8. The van der Waals surface area contributed by atoms with Gasteiger partial charge in [0.1, 0.15) is 0 Å². The maximum Gasteiger partial charge on any atom is 0.0716 e. The Hall–Kier alpha value is -0.900. The third kappa shape index (κ3) is 5.31. The van der Waals surface area contributed by atoms with Gasteiger partial charge in [0.25, 0.3) is 0 Å². The van der Waals surface area contributed by atoms with Gasteiger partial charge in [0.2, 0.25) is 0 Å². The van der Waals surface area contributed by atoms with E-state index in [0.717, 1.165) is 26.2 Å². The van der Waals surface area contributed by atoms with Crippen LogP contribution in [-0.2, 0) is 17.9 Å². The summed E-state index contributed by atoms with van der Waals surface area (Å²) in [4.78, 5) is 2.30. The van der Waals surface area contributed by atoms with Gasteiger partial charge in [-0.3, -0.25) is 0 Å². The topological polar surface area (TPSA) is 24.5 Å². The van der Waals surface area contributed by atoms with E-state index in [4.69, 9.17) is 4.74 Å². The van der Waals surface area contributed by atoms with Crippen LogP contribution in [0.25, 0.3) is 0 Å². The van der Waals surface area contributed by atoms with Gasteiger partial charge in [0.15, 0.2) is 0 Å². The van der Waals surface area contributed by atoms with Crippen LogP contribution in [0, 0.1) is 0 Å². The molecule has 0 saturated heterocycles. The van der Waals surface area contributed by atoms with Crippen LogP contribution >= 0.6 is 0 Å². The van der Waals surface area contributed by atoms with Crippen molar-refractivity contribution in [2.45, 2.75) is 20.1 Å². The molecule has 0 unspecified atom stereocenters. The first-order valence-corrected chi connectivity index (χ1v) is 6.23.